The van der Waals surface area contributed by atoms with Crippen LogP contribution in [0, 0.1) is 0 Å². The van der Waals surface area contributed by atoms with Crippen molar-refractivity contribution in [2.75, 3.05) is 0 Å². The minimum atomic E-state index is 0.452. The van der Waals surface area contributed by atoms with Crippen LogP contribution in [-0.2, 0) is 0 Å². The highest BCUT2D eigenvalue weighted by molar-refractivity contribution is 5.67. The Kier molecular flexibility index (Phi) is 1.61. The van der Waals surface area contributed by atoms with E-state index in [2.05, 4.69) is 24.5 Å². The van der Waals surface area contributed by atoms with Gasteiger partial charge < -0.3 is 4.42 Å². The summed E-state index contributed by atoms with van der Waals surface area (Å²) in [5.74, 6) is 0. The van der Waals surface area contributed by atoms with Crippen molar-refractivity contribution in [1.29, 1.82) is 0 Å². The van der Waals surface area contributed by atoms with Crippen LogP contribution in [0.5, 0.6) is 0 Å². The van der Waals surface area contributed by atoms with E-state index in [1.54, 1.807) is 6.39 Å². The van der Waals surface area contributed by atoms with Crippen LogP contribution in [0.25, 0.3) is 11.1 Å². The monoisotopic (exact) mass is 162 g/mol. The Hall–Kier alpha value is -1.31. The molecule has 0 saturated carbocycles. The third-order valence-corrected chi connectivity index (χ3v) is 1.99. The minimum absolute atomic E-state index is 0.452. The first-order chi connectivity index (χ1) is 5.79. The van der Waals surface area contributed by atoms with Gasteiger partial charge in [0.2, 0.25) is 5.58 Å². The molecule has 2 rings (SSSR count). The van der Waals surface area contributed by atoms with Crippen LogP contribution in [0.2, 0.25) is 0 Å². The standard InChI is InChI=1S/C10H12NO/c1-8(2)11-7-12-10-6-4-3-5-9(10)11/h3-8H,1-2H3/q+1. The van der Waals surface area contributed by atoms with Gasteiger partial charge in [-0.05, 0) is 19.9 Å². The summed E-state index contributed by atoms with van der Waals surface area (Å²) in [6.45, 7) is 4.28. The second-order valence-corrected chi connectivity index (χ2v) is 3.19. The molecule has 0 bridgehead atoms. The van der Waals surface area contributed by atoms with E-state index in [1.165, 1.54) is 0 Å². The fourth-order valence-corrected chi connectivity index (χ4v) is 1.34. The van der Waals surface area contributed by atoms with Crippen LogP contribution in [0.1, 0.15) is 19.9 Å². The molecule has 2 nitrogen and oxygen atoms in total. The zero-order valence-electron chi connectivity index (χ0n) is 7.32. The van der Waals surface area contributed by atoms with Crippen LogP contribution < -0.4 is 4.57 Å². The molecule has 1 aromatic carbocycles. The Bertz CT molecular complexity index is 389. The number of para-hydroxylation sites is 2. The molecule has 62 valence electrons. The van der Waals surface area contributed by atoms with E-state index in [1.807, 2.05) is 18.2 Å². The maximum absolute atomic E-state index is 5.37. The molecule has 1 heterocycles. The van der Waals surface area contributed by atoms with Gasteiger partial charge in [-0.15, -0.1) is 0 Å². The second kappa shape index (κ2) is 2.63. The van der Waals surface area contributed by atoms with E-state index >= 15 is 0 Å². The lowest BCUT2D eigenvalue weighted by Gasteiger charge is -1.93. The second-order valence-electron chi connectivity index (χ2n) is 3.19. The summed E-state index contributed by atoms with van der Waals surface area (Å²) in [5, 5.41) is 0. The average Bonchev–Trinajstić information content (AvgIpc) is 2.47. The third kappa shape index (κ3) is 0.998. The molecule has 12 heavy (non-hydrogen) atoms. The Morgan fingerprint density at radius 3 is 2.75 bits per heavy atom. The molecule has 2 heteroatoms. The highest BCUT2D eigenvalue weighted by Gasteiger charge is 2.14. The molecule has 1 aromatic heterocycles. The normalized spacial score (nSPS) is 11.2. The van der Waals surface area contributed by atoms with Crippen molar-refractivity contribution in [3.8, 4) is 0 Å². The molecule has 0 spiro atoms. The molecule has 0 radical (unpaired) electrons. The molecule has 0 amide bonds. The lowest BCUT2D eigenvalue weighted by atomic mass is 10.3. The lowest BCUT2D eigenvalue weighted by Crippen LogP contribution is -2.33. The fourth-order valence-electron chi connectivity index (χ4n) is 1.34. The third-order valence-electron chi connectivity index (χ3n) is 1.99. The molecule has 0 saturated heterocycles. The van der Waals surface area contributed by atoms with Gasteiger partial charge in [0.25, 0.3) is 5.52 Å². The van der Waals surface area contributed by atoms with E-state index in [0.717, 1.165) is 11.1 Å². The molecule has 0 fully saturated rings. The molecular formula is C10H12NO+. The van der Waals surface area contributed by atoms with Gasteiger partial charge in [0.05, 0.1) is 0 Å². The summed E-state index contributed by atoms with van der Waals surface area (Å²) < 4.78 is 7.49. The molecule has 0 N–H and O–H groups in total. The van der Waals surface area contributed by atoms with E-state index < -0.39 is 0 Å². The summed E-state index contributed by atoms with van der Waals surface area (Å²) in [6, 6.07) is 8.51. The van der Waals surface area contributed by atoms with Gasteiger partial charge in [-0.25, -0.2) is 0 Å². The van der Waals surface area contributed by atoms with Gasteiger partial charge in [0.15, 0.2) is 6.04 Å². The smallest absolute Gasteiger partial charge is 0.335 e. The van der Waals surface area contributed by atoms with Crippen molar-refractivity contribution in [3.05, 3.63) is 30.7 Å². The van der Waals surface area contributed by atoms with Crippen LogP contribution in [-0.4, -0.2) is 0 Å². The number of hydrogen-bond acceptors (Lipinski definition) is 1. The first kappa shape index (κ1) is 7.35. The number of aromatic nitrogens is 1. The Balaban J connectivity index is 2.70. The predicted molar refractivity (Wildman–Crippen MR) is 46.8 cm³/mol. The Labute approximate surface area is 71.4 Å². The number of benzene rings is 1. The molecule has 0 aliphatic carbocycles. The molecule has 0 unspecified atom stereocenters. The van der Waals surface area contributed by atoms with Gasteiger partial charge in [-0.1, -0.05) is 12.1 Å². The number of hydrogen-bond donors (Lipinski definition) is 0. The van der Waals surface area contributed by atoms with Crippen molar-refractivity contribution in [1.82, 2.24) is 0 Å². The predicted octanol–water partition coefficient (Wildman–Crippen LogP) is 2.30. The number of nitrogens with zero attached hydrogens (tertiary/aromatic N) is 1. The van der Waals surface area contributed by atoms with Crippen molar-refractivity contribution in [2.24, 2.45) is 0 Å². The topological polar surface area (TPSA) is 17.0 Å². The first-order valence-electron chi connectivity index (χ1n) is 4.16. The summed E-state index contributed by atoms with van der Waals surface area (Å²) in [6.07, 6.45) is 1.77. The quantitative estimate of drug-likeness (QED) is 0.588. The SMILES string of the molecule is CC(C)[n+]1coc2ccccc21. The molecule has 0 atom stereocenters. The van der Waals surface area contributed by atoms with E-state index in [4.69, 9.17) is 4.42 Å². The largest absolute Gasteiger partial charge is 0.404 e. The number of rotatable bonds is 1. The van der Waals surface area contributed by atoms with Gasteiger partial charge in [0, 0.05) is 6.07 Å². The van der Waals surface area contributed by atoms with Crippen LogP contribution in [0.4, 0.5) is 0 Å². The molecule has 0 aliphatic rings. The van der Waals surface area contributed by atoms with Crippen molar-refractivity contribution >= 4 is 11.1 Å². The van der Waals surface area contributed by atoms with Crippen LogP contribution in [0.3, 0.4) is 0 Å². The zero-order chi connectivity index (χ0) is 8.55. The van der Waals surface area contributed by atoms with Crippen LogP contribution in [0.15, 0.2) is 35.1 Å². The van der Waals surface area contributed by atoms with Gasteiger partial charge in [-0.2, -0.15) is 4.57 Å². The highest BCUT2D eigenvalue weighted by atomic mass is 16.3. The van der Waals surface area contributed by atoms with Gasteiger partial charge in [0.1, 0.15) is 0 Å². The zero-order valence-corrected chi connectivity index (χ0v) is 7.32. The molecule has 0 aliphatic heterocycles. The average molecular weight is 162 g/mol. The lowest BCUT2D eigenvalue weighted by molar-refractivity contribution is -0.695. The van der Waals surface area contributed by atoms with Gasteiger partial charge in [-0.3, -0.25) is 0 Å². The maximum atomic E-state index is 5.37. The molecular weight excluding hydrogens is 150 g/mol. The van der Waals surface area contributed by atoms with Gasteiger partial charge >= 0.3 is 6.39 Å². The van der Waals surface area contributed by atoms with Crippen molar-refractivity contribution < 1.29 is 8.98 Å². The van der Waals surface area contributed by atoms with E-state index in [9.17, 15) is 0 Å². The Morgan fingerprint density at radius 2 is 2.00 bits per heavy atom. The van der Waals surface area contributed by atoms with Crippen LogP contribution >= 0.6 is 0 Å². The summed E-state index contributed by atoms with van der Waals surface area (Å²) >= 11 is 0. The Morgan fingerprint density at radius 1 is 1.25 bits per heavy atom. The van der Waals surface area contributed by atoms with Crippen molar-refractivity contribution in [3.63, 3.8) is 0 Å². The maximum Gasteiger partial charge on any atom is 0.335 e. The summed E-state index contributed by atoms with van der Waals surface area (Å²) in [5.41, 5.74) is 2.11. The summed E-state index contributed by atoms with van der Waals surface area (Å²) in [7, 11) is 0. The molecule has 2 aromatic rings. The highest BCUT2D eigenvalue weighted by Crippen LogP contribution is 2.10. The number of fused-ring (bicyclic) bond motifs is 1. The van der Waals surface area contributed by atoms with E-state index in [-0.39, 0.29) is 0 Å². The van der Waals surface area contributed by atoms with Crippen molar-refractivity contribution in [2.45, 2.75) is 19.9 Å². The number of oxazole rings is 1. The minimum Gasteiger partial charge on any atom is -0.404 e. The van der Waals surface area contributed by atoms with E-state index in [0.29, 0.717) is 6.04 Å². The summed E-state index contributed by atoms with van der Waals surface area (Å²) in [4.78, 5) is 0. The first-order valence-corrected chi connectivity index (χ1v) is 4.16. The fraction of sp³-hybridized carbons (Fsp3) is 0.300.